The number of β-lactam (4-membered cyclic amide) rings is 1. The van der Waals surface area contributed by atoms with E-state index in [0.717, 1.165) is 27.5 Å². The van der Waals surface area contributed by atoms with Crippen LogP contribution in [-0.4, -0.2) is 15.5 Å². The standard InChI is InChI=1S/C30H21N3O/c34-30-29(32-17-7-8-18-32)28(26-13-5-6-16-31-26)33(30)27-19-25-21-10-2-1-9-20(21)14-15-23(25)22-11-3-4-12-24(22)27/h1-19,28-29H/t28-,29-/m1/s1. The summed E-state index contributed by atoms with van der Waals surface area (Å²) in [6.07, 6.45) is 5.72. The van der Waals surface area contributed by atoms with Gasteiger partial charge in [-0.05, 0) is 57.3 Å². The minimum Gasteiger partial charge on any atom is -0.340 e. The van der Waals surface area contributed by atoms with Gasteiger partial charge in [0.05, 0.1) is 11.4 Å². The Kier molecular flexibility index (Phi) is 4.09. The Bertz CT molecular complexity index is 1690. The Morgan fingerprint density at radius 1 is 0.618 bits per heavy atom. The van der Waals surface area contributed by atoms with Crippen molar-refractivity contribution in [3.63, 3.8) is 0 Å². The van der Waals surface area contributed by atoms with Crippen molar-refractivity contribution < 1.29 is 4.79 Å². The van der Waals surface area contributed by atoms with E-state index in [2.05, 4.69) is 65.6 Å². The normalized spacial score (nSPS) is 18.0. The molecule has 1 fully saturated rings. The summed E-state index contributed by atoms with van der Waals surface area (Å²) >= 11 is 0. The van der Waals surface area contributed by atoms with Crippen molar-refractivity contribution >= 4 is 43.9 Å². The van der Waals surface area contributed by atoms with E-state index in [0.29, 0.717) is 0 Å². The molecule has 0 N–H and O–H groups in total. The number of hydrogen-bond acceptors (Lipinski definition) is 2. The number of pyridine rings is 1. The maximum Gasteiger partial charge on any atom is 0.253 e. The number of carbonyl (C=O) groups is 1. The second-order valence-electron chi connectivity index (χ2n) is 8.81. The van der Waals surface area contributed by atoms with Crippen molar-refractivity contribution in [1.29, 1.82) is 0 Å². The van der Waals surface area contributed by atoms with E-state index in [4.69, 9.17) is 0 Å². The summed E-state index contributed by atoms with van der Waals surface area (Å²) in [7, 11) is 0. The van der Waals surface area contributed by atoms with Crippen LogP contribution >= 0.6 is 0 Å². The third-order valence-electron chi connectivity index (χ3n) is 7.01. The highest BCUT2D eigenvalue weighted by Crippen LogP contribution is 2.49. The van der Waals surface area contributed by atoms with Crippen LogP contribution in [0, 0.1) is 0 Å². The molecule has 7 rings (SSSR count). The molecular formula is C30H21N3O. The maximum atomic E-state index is 13.8. The second-order valence-corrected chi connectivity index (χ2v) is 8.81. The van der Waals surface area contributed by atoms with Crippen LogP contribution in [-0.2, 0) is 4.79 Å². The number of amides is 1. The third-order valence-corrected chi connectivity index (χ3v) is 7.01. The number of carbonyl (C=O) groups excluding carboxylic acids is 1. The van der Waals surface area contributed by atoms with Gasteiger partial charge in [0.25, 0.3) is 5.91 Å². The predicted molar refractivity (Wildman–Crippen MR) is 137 cm³/mol. The highest BCUT2D eigenvalue weighted by molar-refractivity contribution is 6.23. The van der Waals surface area contributed by atoms with Crippen LogP contribution in [0.2, 0.25) is 0 Å². The average molecular weight is 440 g/mol. The fourth-order valence-corrected chi connectivity index (χ4v) is 5.45. The average Bonchev–Trinajstić information content (AvgIpc) is 3.41. The molecule has 162 valence electrons. The maximum absolute atomic E-state index is 13.8. The SMILES string of the molecule is O=C1[C@H](n2cccc2)[C@@H](c2ccccn2)N1c1cc2c3ccccc3ccc2c2ccccc12. The van der Waals surface area contributed by atoms with Crippen molar-refractivity contribution in [1.82, 2.24) is 9.55 Å². The van der Waals surface area contributed by atoms with Crippen LogP contribution in [0.4, 0.5) is 5.69 Å². The number of rotatable bonds is 3. The smallest absolute Gasteiger partial charge is 0.253 e. The molecule has 0 bridgehead atoms. The lowest BCUT2D eigenvalue weighted by atomic mass is 9.88. The number of nitrogens with zero attached hydrogens (tertiary/aromatic N) is 3. The van der Waals surface area contributed by atoms with Crippen molar-refractivity contribution in [3.8, 4) is 0 Å². The number of aromatic nitrogens is 2. The lowest BCUT2D eigenvalue weighted by molar-refractivity contribution is -0.129. The van der Waals surface area contributed by atoms with Crippen LogP contribution in [0.1, 0.15) is 17.8 Å². The molecule has 4 aromatic carbocycles. The molecule has 2 aromatic heterocycles. The zero-order chi connectivity index (χ0) is 22.6. The van der Waals surface area contributed by atoms with Crippen molar-refractivity contribution in [2.24, 2.45) is 0 Å². The van der Waals surface area contributed by atoms with Gasteiger partial charge in [-0.1, -0.05) is 66.7 Å². The molecule has 4 nitrogen and oxygen atoms in total. The minimum absolute atomic E-state index is 0.0802. The summed E-state index contributed by atoms with van der Waals surface area (Å²) in [5, 5.41) is 6.96. The molecule has 1 saturated heterocycles. The van der Waals surface area contributed by atoms with E-state index in [9.17, 15) is 4.79 Å². The minimum atomic E-state index is -0.313. The molecule has 0 aliphatic carbocycles. The first-order valence-corrected chi connectivity index (χ1v) is 11.5. The zero-order valence-electron chi connectivity index (χ0n) is 18.4. The molecule has 4 heteroatoms. The highest BCUT2D eigenvalue weighted by Gasteiger charge is 2.51. The van der Waals surface area contributed by atoms with Gasteiger partial charge in [-0.15, -0.1) is 0 Å². The Balaban J connectivity index is 1.51. The third kappa shape index (κ3) is 2.66. The molecule has 0 spiro atoms. The number of hydrogen-bond donors (Lipinski definition) is 0. The fraction of sp³-hybridized carbons (Fsp3) is 0.0667. The molecule has 3 heterocycles. The highest BCUT2D eigenvalue weighted by atomic mass is 16.2. The molecule has 0 radical (unpaired) electrons. The molecule has 34 heavy (non-hydrogen) atoms. The molecule has 1 amide bonds. The molecule has 0 unspecified atom stereocenters. The monoisotopic (exact) mass is 439 g/mol. The first-order chi connectivity index (χ1) is 16.8. The van der Waals surface area contributed by atoms with Crippen LogP contribution in [0.5, 0.6) is 0 Å². The van der Waals surface area contributed by atoms with E-state index < -0.39 is 0 Å². The van der Waals surface area contributed by atoms with E-state index >= 15 is 0 Å². The number of benzene rings is 4. The molecule has 1 aliphatic heterocycles. The quantitative estimate of drug-likeness (QED) is 0.228. The molecule has 0 saturated carbocycles. The van der Waals surface area contributed by atoms with Gasteiger partial charge in [0, 0.05) is 24.0 Å². The van der Waals surface area contributed by atoms with Crippen LogP contribution in [0.3, 0.4) is 0 Å². The first kappa shape index (κ1) is 19.1. The summed E-state index contributed by atoms with van der Waals surface area (Å²) in [5.74, 6) is 0.0802. The second kappa shape index (κ2) is 7.29. The molecule has 6 aromatic rings. The Morgan fingerprint density at radius 2 is 1.32 bits per heavy atom. The van der Waals surface area contributed by atoms with Crippen LogP contribution in [0.15, 0.2) is 116 Å². The van der Waals surface area contributed by atoms with Crippen LogP contribution in [0.25, 0.3) is 32.3 Å². The van der Waals surface area contributed by atoms with Gasteiger partial charge in [0.1, 0.15) is 12.1 Å². The van der Waals surface area contributed by atoms with Crippen molar-refractivity contribution in [2.75, 3.05) is 4.90 Å². The zero-order valence-corrected chi connectivity index (χ0v) is 18.4. The van der Waals surface area contributed by atoms with Gasteiger partial charge in [-0.2, -0.15) is 0 Å². The Hall–Kier alpha value is -4.44. The number of fused-ring (bicyclic) bond motifs is 5. The Labute approximate surface area is 196 Å². The van der Waals surface area contributed by atoms with Gasteiger partial charge < -0.3 is 4.57 Å². The van der Waals surface area contributed by atoms with Crippen LogP contribution < -0.4 is 4.90 Å². The molecular weight excluding hydrogens is 418 g/mol. The first-order valence-electron chi connectivity index (χ1n) is 11.5. The van der Waals surface area contributed by atoms with E-state index in [-0.39, 0.29) is 18.0 Å². The largest absolute Gasteiger partial charge is 0.340 e. The van der Waals surface area contributed by atoms with E-state index in [1.807, 2.05) is 58.3 Å². The summed E-state index contributed by atoms with van der Waals surface area (Å²) in [6.45, 7) is 0. The fourth-order valence-electron chi connectivity index (χ4n) is 5.45. The van der Waals surface area contributed by atoms with Gasteiger partial charge in [0.2, 0.25) is 0 Å². The Morgan fingerprint density at radius 3 is 2.12 bits per heavy atom. The van der Waals surface area contributed by atoms with Crippen molar-refractivity contribution in [2.45, 2.75) is 12.1 Å². The molecule has 1 aliphatic rings. The summed E-state index contributed by atoms with van der Waals surface area (Å²) < 4.78 is 2.00. The molecule has 2 atom stereocenters. The topological polar surface area (TPSA) is 38.1 Å². The summed E-state index contributed by atoms with van der Waals surface area (Å²) in [6, 6.07) is 32.7. The van der Waals surface area contributed by atoms with Gasteiger partial charge in [-0.3, -0.25) is 14.7 Å². The van der Waals surface area contributed by atoms with Gasteiger partial charge >= 0.3 is 0 Å². The van der Waals surface area contributed by atoms with E-state index in [1.54, 1.807) is 6.20 Å². The lowest BCUT2D eigenvalue weighted by Crippen LogP contribution is -2.56. The van der Waals surface area contributed by atoms with Gasteiger partial charge in [-0.25, -0.2) is 0 Å². The summed E-state index contributed by atoms with van der Waals surface area (Å²) in [5.41, 5.74) is 1.83. The predicted octanol–water partition coefficient (Wildman–Crippen LogP) is 6.67. The summed E-state index contributed by atoms with van der Waals surface area (Å²) in [4.78, 5) is 20.4. The van der Waals surface area contributed by atoms with E-state index in [1.165, 1.54) is 16.2 Å². The van der Waals surface area contributed by atoms with Gasteiger partial charge in [0.15, 0.2) is 0 Å². The lowest BCUT2D eigenvalue weighted by Gasteiger charge is -2.47. The van der Waals surface area contributed by atoms with Crippen molar-refractivity contribution in [3.05, 3.63) is 121 Å². The number of anilines is 1.